The van der Waals surface area contributed by atoms with Gasteiger partial charge in [-0.05, 0) is 17.5 Å². The van der Waals surface area contributed by atoms with Crippen molar-refractivity contribution in [3.63, 3.8) is 0 Å². The Balaban J connectivity index is 1.85. The smallest absolute Gasteiger partial charge is 0.209 e. The van der Waals surface area contributed by atoms with Gasteiger partial charge in [0.25, 0.3) is 0 Å². The quantitative estimate of drug-likeness (QED) is 0.770. The lowest BCUT2D eigenvalue weighted by Gasteiger charge is -2.06. The summed E-state index contributed by atoms with van der Waals surface area (Å²) < 4.78 is 29.9. The Bertz CT molecular complexity index is 710. The summed E-state index contributed by atoms with van der Waals surface area (Å²) in [6, 6.07) is 9.73. The molecule has 22 heavy (non-hydrogen) atoms. The highest BCUT2D eigenvalue weighted by atomic mass is 32.2. The third kappa shape index (κ3) is 5.59. The molecule has 0 fully saturated rings. The van der Waals surface area contributed by atoms with Crippen molar-refractivity contribution in [3.05, 3.63) is 52.9 Å². The lowest BCUT2D eigenvalue weighted by molar-refractivity contribution is 0.368. The molecule has 0 radical (unpaired) electrons. The van der Waals surface area contributed by atoms with Gasteiger partial charge in [-0.25, -0.2) is 13.1 Å². The molecule has 0 saturated carbocycles. The topological polar surface area (TPSA) is 84.2 Å². The van der Waals surface area contributed by atoms with Crippen molar-refractivity contribution in [3.8, 4) is 0 Å². The van der Waals surface area contributed by atoms with Crippen LogP contribution in [0.4, 0.5) is 0 Å². The first kappa shape index (κ1) is 16.7. The van der Waals surface area contributed by atoms with Gasteiger partial charge in [0, 0.05) is 19.2 Å². The summed E-state index contributed by atoms with van der Waals surface area (Å²) >= 11 is 0. The van der Waals surface area contributed by atoms with Gasteiger partial charge < -0.3 is 9.84 Å². The van der Waals surface area contributed by atoms with Crippen molar-refractivity contribution in [1.29, 1.82) is 0 Å². The molecule has 1 heterocycles. The molecule has 0 aliphatic heterocycles. The van der Waals surface area contributed by atoms with Crippen LogP contribution < -0.4 is 10.0 Å². The van der Waals surface area contributed by atoms with Gasteiger partial charge in [0.2, 0.25) is 10.0 Å². The standard InChI is InChI=1S/C15H21N3O3S/c1-3-14-8-15(21-18-14)11-16-9-12-5-4-6-13(7-12)10-17-22(2,19)20/h4-8,16-17H,3,9-11H2,1-2H3. The Morgan fingerprint density at radius 1 is 1.14 bits per heavy atom. The first-order chi connectivity index (χ1) is 10.5. The minimum Gasteiger partial charge on any atom is -0.360 e. The van der Waals surface area contributed by atoms with E-state index in [0.717, 1.165) is 35.3 Å². The van der Waals surface area contributed by atoms with Crippen LogP contribution >= 0.6 is 0 Å². The molecule has 1 aromatic heterocycles. The molecular weight excluding hydrogens is 302 g/mol. The molecule has 120 valence electrons. The van der Waals surface area contributed by atoms with Crippen LogP contribution in [0.5, 0.6) is 0 Å². The summed E-state index contributed by atoms with van der Waals surface area (Å²) in [7, 11) is -3.17. The molecule has 0 saturated heterocycles. The molecule has 0 aliphatic rings. The van der Waals surface area contributed by atoms with E-state index in [1.165, 1.54) is 0 Å². The number of nitrogens with one attached hydrogen (secondary N) is 2. The van der Waals surface area contributed by atoms with E-state index >= 15 is 0 Å². The predicted molar refractivity (Wildman–Crippen MR) is 84.6 cm³/mol. The molecule has 0 aliphatic carbocycles. The third-order valence-electron chi connectivity index (χ3n) is 3.13. The van der Waals surface area contributed by atoms with Gasteiger partial charge in [-0.3, -0.25) is 0 Å². The van der Waals surface area contributed by atoms with E-state index in [0.29, 0.717) is 19.6 Å². The molecule has 6 nitrogen and oxygen atoms in total. The zero-order valence-electron chi connectivity index (χ0n) is 12.8. The second-order valence-corrected chi connectivity index (χ2v) is 6.99. The number of benzene rings is 1. The van der Waals surface area contributed by atoms with Gasteiger partial charge in [0.1, 0.15) is 0 Å². The van der Waals surface area contributed by atoms with E-state index in [1.54, 1.807) is 0 Å². The molecule has 0 amide bonds. The second kappa shape index (κ2) is 7.53. The number of aryl methyl sites for hydroxylation is 1. The summed E-state index contributed by atoms with van der Waals surface area (Å²) in [6.45, 7) is 3.62. The van der Waals surface area contributed by atoms with Crippen LogP contribution in [0.15, 0.2) is 34.9 Å². The number of rotatable bonds is 8. The predicted octanol–water partition coefficient (Wildman–Crippen LogP) is 1.58. The van der Waals surface area contributed by atoms with Gasteiger partial charge >= 0.3 is 0 Å². The first-order valence-corrected chi connectivity index (χ1v) is 9.03. The van der Waals surface area contributed by atoms with E-state index in [-0.39, 0.29) is 0 Å². The Hall–Kier alpha value is -1.70. The minimum atomic E-state index is -3.17. The van der Waals surface area contributed by atoms with Crippen LogP contribution in [0.25, 0.3) is 0 Å². The lowest BCUT2D eigenvalue weighted by Crippen LogP contribution is -2.21. The fourth-order valence-electron chi connectivity index (χ4n) is 2.00. The molecule has 0 atom stereocenters. The number of hydrogen-bond acceptors (Lipinski definition) is 5. The highest BCUT2D eigenvalue weighted by molar-refractivity contribution is 7.88. The van der Waals surface area contributed by atoms with E-state index in [4.69, 9.17) is 4.52 Å². The number of hydrogen-bond donors (Lipinski definition) is 2. The molecule has 0 unspecified atom stereocenters. The van der Waals surface area contributed by atoms with Crippen molar-refractivity contribution in [2.24, 2.45) is 0 Å². The largest absolute Gasteiger partial charge is 0.360 e. The third-order valence-corrected chi connectivity index (χ3v) is 3.80. The highest BCUT2D eigenvalue weighted by Crippen LogP contribution is 2.07. The minimum absolute atomic E-state index is 0.300. The SMILES string of the molecule is CCc1cc(CNCc2cccc(CNS(C)(=O)=O)c2)on1. The highest BCUT2D eigenvalue weighted by Gasteiger charge is 2.04. The van der Waals surface area contributed by atoms with E-state index < -0.39 is 10.0 Å². The Morgan fingerprint density at radius 3 is 2.50 bits per heavy atom. The second-order valence-electron chi connectivity index (χ2n) is 5.15. The zero-order valence-corrected chi connectivity index (χ0v) is 13.6. The molecule has 2 rings (SSSR count). The molecule has 7 heteroatoms. The van der Waals surface area contributed by atoms with Gasteiger partial charge in [-0.15, -0.1) is 0 Å². The first-order valence-electron chi connectivity index (χ1n) is 7.14. The zero-order chi connectivity index (χ0) is 16.0. The van der Waals surface area contributed by atoms with E-state index in [9.17, 15) is 8.42 Å². The number of aromatic nitrogens is 1. The average molecular weight is 323 g/mol. The van der Waals surface area contributed by atoms with Crippen LogP contribution in [-0.2, 0) is 36.1 Å². The van der Waals surface area contributed by atoms with Crippen molar-refractivity contribution in [2.75, 3.05) is 6.26 Å². The maximum Gasteiger partial charge on any atom is 0.209 e. The summed E-state index contributed by atoms with van der Waals surface area (Å²) in [4.78, 5) is 0. The molecule has 0 spiro atoms. The van der Waals surface area contributed by atoms with Crippen LogP contribution in [0.3, 0.4) is 0 Å². The van der Waals surface area contributed by atoms with Crippen molar-refractivity contribution >= 4 is 10.0 Å². The maximum atomic E-state index is 11.1. The fraction of sp³-hybridized carbons (Fsp3) is 0.400. The molecule has 2 aromatic rings. The van der Waals surface area contributed by atoms with E-state index in [1.807, 2.05) is 37.3 Å². The van der Waals surface area contributed by atoms with Crippen LogP contribution in [0.1, 0.15) is 29.5 Å². The van der Waals surface area contributed by atoms with E-state index in [2.05, 4.69) is 15.2 Å². The van der Waals surface area contributed by atoms with Crippen molar-refractivity contribution < 1.29 is 12.9 Å². The Kier molecular flexibility index (Phi) is 5.70. The van der Waals surface area contributed by atoms with Crippen molar-refractivity contribution in [2.45, 2.75) is 33.0 Å². The molecule has 0 bridgehead atoms. The lowest BCUT2D eigenvalue weighted by atomic mass is 10.1. The summed E-state index contributed by atoms with van der Waals surface area (Å²) in [5.41, 5.74) is 2.96. The number of nitrogens with zero attached hydrogens (tertiary/aromatic N) is 1. The van der Waals surface area contributed by atoms with Crippen LogP contribution in [0, 0.1) is 0 Å². The van der Waals surface area contributed by atoms with Gasteiger partial charge in [0.15, 0.2) is 5.76 Å². The number of sulfonamides is 1. The van der Waals surface area contributed by atoms with Gasteiger partial charge in [-0.2, -0.15) is 0 Å². The van der Waals surface area contributed by atoms with Gasteiger partial charge in [0.05, 0.1) is 18.5 Å². The molecule has 2 N–H and O–H groups in total. The van der Waals surface area contributed by atoms with Crippen molar-refractivity contribution in [1.82, 2.24) is 15.2 Å². The summed E-state index contributed by atoms with van der Waals surface area (Å²) in [5.74, 6) is 0.812. The van der Waals surface area contributed by atoms with Gasteiger partial charge in [-0.1, -0.05) is 36.3 Å². The van der Waals surface area contributed by atoms with Crippen LogP contribution in [0.2, 0.25) is 0 Å². The average Bonchev–Trinajstić information content (AvgIpc) is 2.93. The molecule has 1 aromatic carbocycles. The monoisotopic (exact) mass is 323 g/mol. The Labute approximate surface area is 131 Å². The summed E-state index contributed by atoms with van der Waals surface area (Å²) in [5, 5.41) is 7.22. The molecular formula is C15H21N3O3S. The normalized spacial score (nSPS) is 11.7. The summed E-state index contributed by atoms with van der Waals surface area (Å²) in [6.07, 6.45) is 2.01. The van der Waals surface area contributed by atoms with Crippen LogP contribution in [-0.4, -0.2) is 19.8 Å². The Morgan fingerprint density at radius 2 is 1.86 bits per heavy atom. The maximum absolute atomic E-state index is 11.1. The fourth-order valence-corrected chi connectivity index (χ4v) is 2.43.